The topological polar surface area (TPSA) is 85.3 Å². The van der Waals surface area contributed by atoms with Crippen molar-refractivity contribution in [2.45, 2.75) is 25.1 Å². The van der Waals surface area contributed by atoms with Gasteiger partial charge in [0.1, 0.15) is 5.76 Å². The highest BCUT2D eigenvalue weighted by Gasteiger charge is 2.18. The van der Waals surface area contributed by atoms with E-state index in [1.807, 2.05) is 17.7 Å². The molecule has 0 bridgehead atoms. The van der Waals surface area contributed by atoms with Gasteiger partial charge < -0.3 is 10.2 Å². The van der Waals surface area contributed by atoms with Gasteiger partial charge in [-0.25, -0.2) is 13.1 Å². The third-order valence-corrected chi connectivity index (χ3v) is 4.70. The van der Waals surface area contributed by atoms with Crippen molar-refractivity contribution in [3.63, 3.8) is 0 Å². The predicted molar refractivity (Wildman–Crippen MR) is 69.7 cm³/mol. The third kappa shape index (κ3) is 2.81. The fourth-order valence-electron chi connectivity index (χ4n) is 1.42. The molecule has 0 spiro atoms. The summed E-state index contributed by atoms with van der Waals surface area (Å²) in [6.45, 7) is 2.38. The molecule has 2 rings (SSSR count). The molecule has 0 saturated carbocycles. The van der Waals surface area contributed by atoms with E-state index in [2.05, 4.69) is 4.72 Å². The summed E-state index contributed by atoms with van der Waals surface area (Å²) in [7, 11) is -3.61. The molecule has 0 aliphatic rings. The van der Waals surface area contributed by atoms with E-state index in [9.17, 15) is 8.42 Å². The van der Waals surface area contributed by atoms with Crippen LogP contribution in [0.1, 0.15) is 16.9 Å². The maximum atomic E-state index is 11.9. The van der Waals surface area contributed by atoms with E-state index in [1.165, 1.54) is 6.07 Å². The summed E-state index contributed by atoms with van der Waals surface area (Å²) in [5.41, 5.74) is 7.41. The predicted octanol–water partition coefficient (Wildman–Crippen LogP) is 1.59. The van der Waals surface area contributed by atoms with Gasteiger partial charge in [0.2, 0.25) is 5.09 Å². The Morgan fingerprint density at radius 1 is 1.39 bits per heavy atom. The van der Waals surface area contributed by atoms with E-state index >= 15 is 0 Å². The molecule has 18 heavy (non-hydrogen) atoms. The number of thiophene rings is 1. The number of hydrogen-bond acceptors (Lipinski definition) is 5. The lowest BCUT2D eigenvalue weighted by molar-refractivity contribution is 0.412. The molecule has 5 nitrogen and oxygen atoms in total. The van der Waals surface area contributed by atoms with Crippen LogP contribution in [-0.2, 0) is 23.1 Å². The number of aryl methyl sites for hydroxylation is 1. The van der Waals surface area contributed by atoms with Gasteiger partial charge in [-0.1, -0.05) is 0 Å². The quantitative estimate of drug-likeness (QED) is 0.874. The minimum atomic E-state index is -3.61. The van der Waals surface area contributed by atoms with Crippen molar-refractivity contribution in [2.75, 3.05) is 0 Å². The summed E-state index contributed by atoms with van der Waals surface area (Å²) >= 11 is 1.55. The molecule has 0 radical (unpaired) electrons. The van der Waals surface area contributed by atoms with E-state index in [-0.39, 0.29) is 18.2 Å². The smallest absolute Gasteiger partial charge is 0.274 e. The maximum Gasteiger partial charge on any atom is 0.274 e. The lowest BCUT2D eigenvalue weighted by atomic mass is 10.2. The van der Waals surface area contributed by atoms with Crippen LogP contribution in [0, 0.1) is 6.92 Å². The third-order valence-electron chi connectivity index (χ3n) is 2.52. The van der Waals surface area contributed by atoms with Gasteiger partial charge in [-0.2, -0.15) is 11.3 Å². The first-order valence-electron chi connectivity index (χ1n) is 5.33. The second kappa shape index (κ2) is 5.23. The number of nitrogens with one attached hydrogen (secondary N) is 1. The SMILES string of the molecule is Cc1cscc1CNS(=O)(=O)c1ccc(CN)o1. The summed E-state index contributed by atoms with van der Waals surface area (Å²) in [5, 5.41) is 3.80. The van der Waals surface area contributed by atoms with Crippen molar-refractivity contribution >= 4 is 21.4 Å². The van der Waals surface area contributed by atoms with Gasteiger partial charge in [0, 0.05) is 6.54 Å². The minimum absolute atomic E-state index is 0.101. The fraction of sp³-hybridized carbons (Fsp3) is 0.273. The summed E-state index contributed by atoms with van der Waals surface area (Å²) < 4.78 is 31.5. The zero-order valence-electron chi connectivity index (χ0n) is 9.84. The highest BCUT2D eigenvalue weighted by atomic mass is 32.2. The lowest BCUT2D eigenvalue weighted by Crippen LogP contribution is -2.22. The average molecular weight is 286 g/mol. The summed E-state index contributed by atoms with van der Waals surface area (Å²) in [6.07, 6.45) is 0. The molecule has 98 valence electrons. The van der Waals surface area contributed by atoms with Gasteiger partial charge in [0.15, 0.2) is 0 Å². The Kier molecular flexibility index (Phi) is 3.86. The molecule has 0 fully saturated rings. The highest BCUT2D eigenvalue weighted by Crippen LogP contribution is 2.16. The van der Waals surface area contributed by atoms with Gasteiger partial charge in [0.25, 0.3) is 10.0 Å². The second-order valence-electron chi connectivity index (χ2n) is 3.83. The van der Waals surface area contributed by atoms with Gasteiger partial charge in [0.05, 0.1) is 6.54 Å². The number of nitrogens with two attached hydrogens (primary N) is 1. The molecular formula is C11H14N2O3S2. The Bertz CT molecular complexity index is 628. The van der Waals surface area contributed by atoms with E-state index in [0.29, 0.717) is 5.76 Å². The molecule has 0 aliphatic carbocycles. The van der Waals surface area contributed by atoms with Crippen LogP contribution < -0.4 is 10.5 Å². The molecule has 0 aromatic carbocycles. The Morgan fingerprint density at radius 3 is 2.72 bits per heavy atom. The van der Waals surface area contributed by atoms with E-state index < -0.39 is 10.0 Å². The van der Waals surface area contributed by atoms with Crippen LogP contribution >= 0.6 is 11.3 Å². The number of furan rings is 1. The zero-order chi connectivity index (χ0) is 13.2. The summed E-state index contributed by atoms with van der Waals surface area (Å²) in [6, 6.07) is 2.97. The molecule has 2 aromatic rings. The average Bonchev–Trinajstić information content (AvgIpc) is 2.95. The molecule has 0 saturated heterocycles. The van der Waals surface area contributed by atoms with Crippen LogP contribution in [0.25, 0.3) is 0 Å². The monoisotopic (exact) mass is 286 g/mol. The Balaban J connectivity index is 2.10. The molecule has 7 heteroatoms. The molecular weight excluding hydrogens is 272 g/mol. The van der Waals surface area contributed by atoms with Crippen LogP contribution in [0.15, 0.2) is 32.4 Å². The summed E-state index contributed by atoms with van der Waals surface area (Å²) in [5.74, 6) is 0.446. The Morgan fingerprint density at radius 2 is 2.17 bits per heavy atom. The normalized spacial score (nSPS) is 11.9. The second-order valence-corrected chi connectivity index (χ2v) is 6.27. The van der Waals surface area contributed by atoms with Crippen molar-refractivity contribution in [3.05, 3.63) is 39.8 Å². The van der Waals surface area contributed by atoms with Gasteiger partial charge >= 0.3 is 0 Å². The van der Waals surface area contributed by atoms with E-state index in [1.54, 1.807) is 17.4 Å². The molecule has 0 atom stereocenters. The highest BCUT2D eigenvalue weighted by molar-refractivity contribution is 7.89. The van der Waals surface area contributed by atoms with Crippen LogP contribution in [0.4, 0.5) is 0 Å². The fourth-order valence-corrected chi connectivity index (χ4v) is 3.23. The Hall–Kier alpha value is -1.15. The van der Waals surface area contributed by atoms with Gasteiger partial charge in [-0.3, -0.25) is 0 Å². The van der Waals surface area contributed by atoms with Crippen molar-refractivity contribution in [3.8, 4) is 0 Å². The van der Waals surface area contributed by atoms with Crippen LogP contribution in [-0.4, -0.2) is 8.42 Å². The summed E-state index contributed by atoms with van der Waals surface area (Å²) in [4.78, 5) is 0. The zero-order valence-corrected chi connectivity index (χ0v) is 11.5. The first kappa shape index (κ1) is 13.3. The van der Waals surface area contributed by atoms with Gasteiger partial charge in [-0.15, -0.1) is 0 Å². The van der Waals surface area contributed by atoms with Crippen molar-refractivity contribution in [1.29, 1.82) is 0 Å². The molecule has 3 N–H and O–H groups in total. The molecule has 2 aromatic heterocycles. The van der Waals surface area contributed by atoms with Crippen molar-refractivity contribution < 1.29 is 12.8 Å². The molecule has 0 aliphatic heterocycles. The number of sulfonamides is 1. The minimum Gasteiger partial charge on any atom is -0.447 e. The molecule has 0 unspecified atom stereocenters. The number of rotatable bonds is 5. The van der Waals surface area contributed by atoms with Crippen LogP contribution in [0.3, 0.4) is 0 Å². The van der Waals surface area contributed by atoms with Crippen molar-refractivity contribution in [1.82, 2.24) is 4.72 Å². The van der Waals surface area contributed by atoms with E-state index in [4.69, 9.17) is 10.2 Å². The maximum absolute atomic E-state index is 11.9. The number of hydrogen-bond donors (Lipinski definition) is 2. The van der Waals surface area contributed by atoms with Crippen LogP contribution in [0.2, 0.25) is 0 Å². The van der Waals surface area contributed by atoms with E-state index in [0.717, 1.165) is 11.1 Å². The Labute approximate surface area is 110 Å². The van der Waals surface area contributed by atoms with Gasteiger partial charge in [-0.05, 0) is 40.9 Å². The molecule has 2 heterocycles. The first-order chi connectivity index (χ1) is 8.53. The largest absolute Gasteiger partial charge is 0.447 e. The standard InChI is InChI=1S/C11H14N2O3S2/c1-8-6-17-7-9(8)5-13-18(14,15)11-3-2-10(4-12)16-11/h2-3,6-7,13H,4-5,12H2,1H3. The first-order valence-corrected chi connectivity index (χ1v) is 7.75. The molecule has 0 amide bonds. The lowest BCUT2D eigenvalue weighted by Gasteiger charge is -2.03. The van der Waals surface area contributed by atoms with Crippen LogP contribution in [0.5, 0.6) is 0 Å². The van der Waals surface area contributed by atoms with Crippen molar-refractivity contribution in [2.24, 2.45) is 5.73 Å².